The number of aromatic nitrogens is 2. The third kappa shape index (κ3) is 3.10. The van der Waals surface area contributed by atoms with Crippen molar-refractivity contribution in [2.45, 2.75) is 13.8 Å². The first-order valence-electron chi connectivity index (χ1n) is 6.66. The lowest BCUT2D eigenvalue weighted by molar-refractivity contribution is 0.0962. The molecular formula is C15H18N4O2. The van der Waals surface area contributed by atoms with Gasteiger partial charge in [-0.2, -0.15) is 0 Å². The van der Waals surface area contributed by atoms with Gasteiger partial charge in [0.05, 0.1) is 23.6 Å². The number of nitrogen functional groups attached to an aromatic ring is 1. The molecule has 1 amide bonds. The molecule has 2 rings (SSSR count). The van der Waals surface area contributed by atoms with Crippen LogP contribution in [0.3, 0.4) is 0 Å². The monoisotopic (exact) mass is 286 g/mol. The third-order valence-corrected chi connectivity index (χ3v) is 3.00. The van der Waals surface area contributed by atoms with Crippen molar-refractivity contribution in [1.29, 1.82) is 0 Å². The first kappa shape index (κ1) is 14.8. The summed E-state index contributed by atoms with van der Waals surface area (Å²) in [5.74, 6) is 0.668. The molecule has 0 saturated carbocycles. The smallest absolute Gasteiger partial charge is 0.255 e. The number of benzene rings is 1. The van der Waals surface area contributed by atoms with Crippen molar-refractivity contribution in [3.8, 4) is 17.0 Å². The van der Waals surface area contributed by atoms with Gasteiger partial charge in [0.25, 0.3) is 5.91 Å². The van der Waals surface area contributed by atoms with Crippen molar-refractivity contribution in [3.05, 3.63) is 35.5 Å². The van der Waals surface area contributed by atoms with E-state index in [2.05, 4.69) is 15.3 Å². The van der Waals surface area contributed by atoms with Crippen LogP contribution in [0, 0.1) is 6.92 Å². The molecule has 0 aliphatic carbocycles. The number of anilines is 1. The van der Waals surface area contributed by atoms with Gasteiger partial charge in [0.15, 0.2) is 0 Å². The molecule has 0 unspecified atom stereocenters. The van der Waals surface area contributed by atoms with Gasteiger partial charge in [0.2, 0.25) is 5.95 Å². The summed E-state index contributed by atoms with van der Waals surface area (Å²) in [4.78, 5) is 20.3. The zero-order valence-electron chi connectivity index (χ0n) is 12.3. The number of hydrogen-bond acceptors (Lipinski definition) is 5. The number of nitrogens with zero attached hydrogens (tertiary/aromatic N) is 2. The van der Waals surface area contributed by atoms with Gasteiger partial charge in [-0.15, -0.1) is 0 Å². The topological polar surface area (TPSA) is 90.1 Å². The Labute approximate surface area is 123 Å². The fourth-order valence-corrected chi connectivity index (χ4v) is 2.08. The Kier molecular flexibility index (Phi) is 4.37. The number of carbonyl (C=O) groups excluding carboxylic acids is 1. The Hall–Kier alpha value is -2.63. The summed E-state index contributed by atoms with van der Waals surface area (Å²) in [5.41, 5.74) is 7.98. The van der Waals surface area contributed by atoms with E-state index in [0.29, 0.717) is 23.6 Å². The van der Waals surface area contributed by atoms with Crippen LogP contribution in [0.1, 0.15) is 23.0 Å². The maximum Gasteiger partial charge on any atom is 0.255 e. The average molecular weight is 286 g/mol. The summed E-state index contributed by atoms with van der Waals surface area (Å²) < 4.78 is 5.41. The molecule has 21 heavy (non-hydrogen) atoms. The molecule has 0 atom stereocenters. The number of ether oxygens (including phenoxy) is 1. The molecule has 2 aromatic rings. The molecule has 6 heteroatoms. The third-order valence-electron chi connectivity index (χ3n) is 3.00. The van der Waals surface area contributed by atoms with Crippen LogP contribution in [-0.4, -0.2) is 29.5 Å². The first-order chi connectivity index (χ1) is 10.1. The average Bonchev–Trinajstić information content (AvgIpc) is 2.47. The zero-order chi connectivity index (χ0) is 15.4. The number of rotatable bonds is 4. The molecule has 0 fully saturated rings. The van der Waals surface area contributed by atoms with Crippen molar-refractivity contribution >= 4 is 11.9 Å². The highest BCUT2D eigenvalue weighted by molar-refractivity contribution is 6.00. The zero-order valence-corrected chi connectivity index (χ0v) is 12.3. The van der Waals surface area contributed by atoms with E-state index >= 15 is 0 Å². The SMILES string of the molecule is CCOc1ccc(-c2nc(N)nc(C)c2C(=O)NC)cc1. The van der Waals surface area contributed by atoms with Crippen LogP contribution in [0.25, 0.3) is 11.3 Å². The lowest BCUT2D eigenvalue weighted by Crippen LogP contribution is -2.21. The number of aryl methyl sites for hydroxylation is 1. The Morgan fingerprint density at radius 1 is 1.29 bits per heavy atom. The Morgan fingerprint density at radius 3 is 2.52 bits per heavy atom. The normalized spacial score (nSPS) is 10.2. The maximum atomic E-state index is 12.1. The van der Waals surface area contributed by atoms with E-state index in [1.807, 2.05) is 31.2 Å². The molecule has 110 valence electrons. The van der Waals surface area contributed by atoms with Gasteiger partial charge in [-0.25, -0.2) is 9.97 Å². The minimum absolute atomic E-state index is 0.143. The summed E-state index contributed by atoms with van der Waals surface area (Å²) in [6, 6.07) is 7.36. The molecule has 0 radical (unpaired) electrons. The number of amides is 1. The van der Waals surface area contributed by atoms with Crippen LogP contribution < -0.4 is 15.8 Å². The molecule has 0 aliphatic heterocycles. The van der Waals surface area contributed by atoms with Crippen molar-refractivity contribution in [3.63, 3.8) is 0 Å². The number of hydrogen-bond donors (Lipinski definition) is 2. The van der Waals surface area contributed by atoms with Gasteiger partial charge in [0, 0.05) is 12.6 Å². The number of carbonyl (C=O) groups is 1. The molecule has 1 aromatic carbocycles. The van der Waals surface area contributed by atoms with Crippen LogP contribution in [0.4, 0.5) is 5.95 Å². The van der Waals surface area contributed by atoms with Crippen LogP contribution in [-0.2, 0) is 0 Å². The standard InChI is InChI=1S/C15H18N4O2/c1-4-21-11-7-5-10(6-8-11)13-12(14(20)17-3)9(2)18-15(16)19-13/h5-8H,4H2,1-3H3,(H,17,20)(H2,16,18,19). The van der Waals surface area contributed by atoms with Gasteiger partial charge < -0.3 is 15.8 Å². The molecule has 0 bridgehead atoms. The highest BCUT2D eigenvalue weighted by Crippen LogP contribution is 2.26. The molecule has 1 aromatic heterocycles. The fourth-order valence-electron chi connectivity index (χ4n) is 2.08. The van der Waals surface area contributed by atoms with Gasteiger partial charge in [-0.3, -0.25) is 4.79 Å². The predicted molar refractivity (Wildman–Crippen MR) is 81.2 cm³/mol. The molecule has 0 saturated heterocycles. The van der Waals surface area contributed by atoms with Crippen LogP contribution in [0.5, 0.6) is 5.75 Å². The first-order valence-corrected chi connectivity index (χ1v) is 6.66. The summed E-state index contributed by atoms with van der Waals surface area (Å²) in [6.45, 7) is 4.26. The maximum absolute atomic E-state index is 12.1. The second kappa shape index (κ2) is 6.21. The molecule has 0 aliphatic rings. The predicted octanol–water partition coefficient (Wildman–Crippen LogP) is 1.79. The van der Waals surface area contributed by atoms with Gasteiger partial charge in [-0.05, 0) is 38.1 Å². The highest BCUT2D eigenvalue weighted by atomic mass is 16.5. The number of nitrogens with one attached hydrogen (secondary N) is 1. The van der Waals surface area contributed by atoms with Gasteiger partial charge >= 0.3 is 0 Å². The van der Waals surface area contributed by atoms with Gasteiger partial charge in [0.1, 0.15) is 5.75 Å². The van der Waals surface area contributed by atoms with E-state index in [1.165, 1.54) is 0 Å². The van der Waals surface area contributed by atoms with Crippen LogP contribution in [0.15, 0.2) is 24.3 Å². The second-order valence-electron chi connectivity index (χ2n) is 4.43. The van der Waals surface area contributed by atoms with E-state index in [1.54, 1.807) is 14.0 Å². The lowest BCUT2D eigenvalue weighted by atomic mass is 10.0. The van der Waals surface area contributed by atoms with Crippen molar-refractivity contribution in [2.24, 2.45) is 0 Å². The highest BCUT2D eigenvalue weighted by Gasteiger charge is 2.18. The molecular weight excluding hydrogens is 268 g/mol. The summed E-state index contributed by atoms with van der Waals surface area (Å²) in [5, 5.41) is 2.60. The molecule has 0 spiro atoms. The number of nitrogens with two attached hydrogens (primary N) is 1. The van der Waals surface area contributed by atoms with Crippen molar-refractivity contribution < 1.29 is 9.53 Å². The van der Waals surface area contributed by atoms with Crippen molar-refractivity contribution in [1.82, 2.24) is 15.3 Å². The Bertz CT molecular complexity index is 653. The summed E-state index contributed by atoms with van der Waals surface area (Å²) in [7, 11) is 1.57. The minimum atomic E-state index is -0.239. The largest absolute Gasteiger partial charge is 0.494 e. The van der Waals surface area contributed by atoms with Gasteiger partial charge in [-0.1, -0.05) is 0 Å². The Balaban J connectivity index is 2.53. The Morgan fingerprint density at radius 2 is 1.95 bits per heavy atom. The van der Waals surface area contributed by atoms with Crippen LogP contribution >= 0.6 is 0 Å². The van der Waals surface area contributed by atoms with E-state index in [4.69, 9.17) is 10.5 Å². The fraction of sp³-hybridized carbons (Fsp3) is 0.267. The van der Waals surface area contributed by atoms with Crippen molar-refractivity contribution in [2.75, 3.05) is 19.4 Å². The molecule has 6 nitrogen and oxygen atoms in total. The van der Waals surface area contributed by atoms with E-state index < -0.39 is 0 Å². The second-order valence-corrected chi connectivity index (χ2v) is 4.43. The van der Waals surface area contributed by atoms with E-state index in [-0.39, 0.29) is 11.9 Å². The molecule has 1 heterocycles. The molecule has 3 N–H and O–H groups in total. The summed E-state index contributed by atoms with van der Waals surface area (Å²) >= 11 is 0. The van der Waals surface area contributed by atoms with E-state index in [0.717, 1.165) is 11.3 Å². The minimum Gasteiger partial charge on any atom is -0.494 e. The lowest BCUT2D eigenvalue weighted by Gasteiger charge is -2.11. The quantitative estimate of drug-likeness (QED) is 0.894. The van der Waals surface area contributed by atoms with E-state index in [9.17, 15) is 4.79 Å². The van der Waals surface area contributed by atoms with Crippen LogP contribution in [0.2, 0.25) is 0 Å². The summed E-state index contributed by atoms with van der Waals surface area (Å²) in [6.07, 6.45) is 0.